The van der Waals surface area contributed by atoms with Crippen molar-refractivity contribution in [1.82, 2.24) is 14.7 Å². The number of hydrogen-bond acceptors (Lipinski definition) is 2. The molecule has 3 nitrogen and oxygen atoms in total. The van der Waals surface area contributed by atoms with E-state index in [1.807, 2.05) is 0 Å². The Bertz CT molecular complexity index is 512. The normalized spacial score (nSPS) is 15.4. The van der Waals surface area contributed by atoms with Gasteiger partial charge >= 0.3 is 6.55 Å². The van der Waals surface area contributed by atoms with E-state index in [-0.39, 0.29) is 5.70 Å². The maximum atomic E-state index is 12.5. The molecular formula is C12H11F2N3. The minimum atomic E-state index is -2.59. The van der Waals surface area contributed by atoms with Gasteiger partial charge in [-0.3, -0.25) is 4.90 Å². The first-order chi connectivity index (χ1) is 8.11. The summed E-state index contributed by atoms with van der Waals surface area (Å²) < 4.78 is 26.6. The van der Waals surface area contributed by atoms with E-state index in [9.17, 15) is 8.78 Å². The largest absolute Gasteiger partial charge is 0.318 e. The Hall–Kier alpha value is -2.17. The highest BCUT2D eigenvalue weighted by molar-refractivity contribution is 5.62. The van der Waals surface area contributed by atoms with Crippen LogP contribution in [0.2, 0.25) is 0 Å². The minimum absolute atomic E-state index is 0.230. The van der Waals surface area contributed by atoms with Crippen LogP contribution in [0, 0.1) is 0 Å². The van der Waals surface area contributed by atoms with Crippen molar-refractivity contribution in [2.75, 3.05) is 0 Å². The standard InChI is InChI=1S/C12H11F2N3/c1-3-10-7-15-17(8-10)11-4-5-16(12(13)14)9(2)6-11/h3-8,12H,1-2H2. The summed E-state index contributed by atoms with van der Waals surface area (Å²) >= 11 is 0. The molecule has 0 atom stereocenters. The van der Waals surface area contributed by atoms with E-state index < -0.39 is 6.55 Å². The van der Waals surface area contributed by atoms with E-state index in [2.05, 4.69) is 18.3 Å². The number of hydrogen-bond donors (Lipinski definition) is 0. The number of halogens is 2. The van der Waals surface area contributed by atoms with Gasteiger partial charge in [0.1, 0.15) is 0 Å². The van der Waals surface area contributed by atoms with Gasteiger partial charge in [-0.1, -0.05) is 19.2 Å². The Morgan fingerprint density at radius 3 is 2.71 bits per heavy atom. The van der Waals surface area contributed by atoms with Gasteiger partial charge in [-0.05, 0) is 12.2 Å². The number of aromatic nitrogens is 2. The van der Waals surface area contributed by atoms with Gasteiger partial charge in [0.25, 0.3) is 0 Å². The van der Waals surface area contributed by atoms with E-state index in [4.69, 9.17) is 0 Å². The third kappa shape index (κ3) is 2.18. The molecule has 0 fully saturated rings. The van der Waals surface area contributed by atoms with Crippen molar-refractivity contribution in [3.63, 3.8) is 0 Å². The lowest BCUT2D eigenvalue weighted by molar-refractivity contribution is 0.0302. The lowest BCUT2D eigenvalue weighted by atomic mass is 10.2. The lowest BCUT2D eigenvalue weighted by Gasteiger charge is -2.23. The van der Waals surface area contributed by atoms with Crippen LogP contribution in [-0.2, 0) is 0 Å². The molecule has 0 bridgehead atoms. The van der Waals surface area contributed by atoms with Gasteiger partial charge in [-0.2, -0.15) is 13.9 Å². The topological polar surface area (TPSA) is 21.1 Å². The van der Waals surface area contributed by atoms with Crippen LogP contribution < -0.4 is 0 Å². The summed E-state index contributed by atoms with van der Waals surface area (Å²) in [5.41, 5.74) is 1.77. The van der Waals surface area contributed by atoms with Crippen LogP contribution in [-0.4, -0.2) is 21.2 Å². The first-order valence-corrected chi connectivity index (χ1v) is 4.94. The monoisotopic (exact) mass is 235 g/mol. The number of alkyl halides is 2. The van der Waals surface area contributed by atoms with Crippen molar-refractivity contribution >= 4 is 11.8 Å². The average molecular weight is 235 g/mol. The van der Waals surface area contributed by atoms with Crippen molar-refractivity contribution in [2.24, 2.45) is 0 Å². The predicted octanol–water partition coefficient (Wildman–Crippen LogP) is 2.93. The molecule has 0 N–H and O–H groups in total. The van der Waals surface area contributed by atoms with Gasteiger partial charge in [0.15, 0.2) is 0 Å². The zero-order chi connectivity index (χ0) is 12.4. The van der Waals surface area contributed by atoms with Gasteiger partial charge < -0.3 is 0 Å². The summed E-state index contributed by atoms with van der Waals surface area (Å²) in [7, 11) is 0. The first kappa shape index (κ1) is 11.3. The van der Waals surface area contributed by atoms with Gasteiger partial charge in [-0.25, -0.2) is 4.68 Å². The summed E-state index contributed by atoms with van der Waals surface area (Å²) in [5, 5.41) is 4.09. The first-order valence-electron chi connectivity index (χ1n) is 4.94. The lowest BCUT2D eigenvalue weighted by Crippen LogP contribution is -2.23. The molecule has 1 aliphatic rings. The zero-order valence-corrected chi connectivity index (χ0v) is 9.05. The summed E-state index contributed by atoms with van der Waals surface area (Å²) in [6.45, 7) is 4.62. The highest BCUT2D eigenvalue weighted by Gasteiger charge is 2.17. The molecule has 1 aromatic heterocycles. The van der Waals surface area contributed by atoms with Crippen LogP contribution in [0.4, 0.5) is 8.78 Å². The summed E-state index contributed by atoms with van der Waals surface area (Å²) in [5.74, 6) is 0. The van der Waals surface area contributed by atoms with Gasteiger partial charge in [0, 0.05) is 23.7 Å². The van der Waals surface area contributed by atoms with Gasteiger partial charge in [-0.15, -0.1) is 0 Å². The maximum absolute atomic E-state index is 12.5. The second-order valence-electron chi connectivity index (χ2n) is 3.48. The van der Waals surface area contributed by atoms with Gasteiger partial charge in [0.2, 0.25) is 0 Å². The summed E-state index contributed by atoms with van der Waals surface area (Å²) in [6.07, 6.45) is 9.46. The number of allylic oxidation sites excluding steroid dienone is 3. The fourth-order valence-electron chi connectivity index (χ4n) is 1.46. The van der Waals surface area contributed by atoms with Crippen molar-refractivity contribution < 1.29 is 8.78 Å². The van der Waals surface area contributed by atoms with Crippen LogP contribution in [0.25, 0.3) is 11.8 Å². The molecule has 0 aromatic carbocycles. The van der Waals surface area contributed by atoms with Crippen molar-refractivity contribution in [1.29, 1.82) is 0 Å². The summed E-state index contributed by atoms with van der Waals surface area (Å²) in [6, 6.07) is 0. The van der Waals surface area contributed by atoms with Crippen LogP contribution in [0.1, 0.15) is 5.56 Å². The number of rotatable bonds is 3. The van der Waals surface area contributed by atoms with Crippen molar-refractivity contribution in [3.05, 3.63) is 55.2 Å². The molecule has 1 aromatic rings. The molecule has 0 saturated carbocycles. The Morgan fingerprint density at radius 2 is 2.18 bits per heavy atom. The molecule has 0 saturated heterocycles. The summed E-state index contributed by atoms with van der Waals surface area (Å²) in [4.78, 5) is 0.793. The predicted molar refractivity (Wildman–Crippen MR) is 62.7 cm³/mol. The SMILES string of the molecule is C=Cc1cnn(C2=CC(=C)N(C(F)F)C=C2)c1. The fourth-order valence-corrected chi connectivity index (χ4v) is 1.46. The minimum Gasteiger partial charge on any atom is -0.292 e. The second-order valence-corrected chi connectivity index (χ2v) is 3.48. The van der Waals surface area contributed by atoms with Crippen LogP contribution in [0.5, 0.6) is 0 Å². The van der Waals surface area contributed by atoms with Crippen LogP contribution in [0.15, 0.2) is 49.6 Å². The molecular weight excluding hydrogens is 224 g/mol. The van der Waals surface area contributed by atoms with Crippen molar-refractivity contribution in [2.45, 2.75) is 6.55 Å². The Balaban J connectivity index is 2.25. The molecule has 2 rings (SSSR count). The van der Waals surface area contributed by atoms with E-state index in [1.54, 1.807) is 35.3 Å². The van der Waals surface area contributed by atoms with E-state index in [1.165, 1.54) is 6.20 Å². The van der Waals surface area contributed by atoms with Gasteiger partial charge in [0.05, 0.1) is 11.9 Å². The molecule has 0 aliphatic carbocycles. The third-order valence-corrected chi connectivity index (χ3v) is 2.37. The molecule has 5 heteroatoms. The van der Waals surface area contributed by atoms with E-state index in [0.717, 1.165) is 10.5 Å². The quantitative estimate of drug-likeness (QED) is 0.751. The molecule has 88 valence electrons. The van der Waals surface area contributed by atoms with Crippen LogP contribution in [0.3, 0.4) is 0 Å². The molecule has 2 heterocycles. The molecule has 0 amide bonds. The van der Waals surface area contributed by atoms with E-state index >= 15 is 0 Å². The second kappa shape index (κ2) is 4.37. The number of nitrogens with zero attached hydrogens (tertiary/aromatic N) is 3. The highest BCUT2D eigenvalue weighted by atomic mass is 19.3. The molecule has 1 aliphatic heterocycles. The molecule has 0 unspecified atom stereocenters. The Labute approximate surface area is 97.6 Å². The fraction of sp³-hybridized carbons (Fsp3) is 0.0833. The smallest absolute Gasteiger partial charge is 0.292 e. The molecule has 0 spiro atoms. The third-order valence-electron chi connectivity index (χ3n) is 2.37. The zero-order valence-electron chi connectivity index (χ0n) is 9.05. The average Bonchev–Trinajstić information content (AvgIpc) is 2.76. The highest BCUT2D eigenvalue weighted by Crippen LogP contribution is 2.22. The van der Waals surface area contributed by atoms with E-state index in [0.29, 0.717) is 5.70 Å². The maximum Gasteiger partial charge on any atom is 0.318 e. The Kier molecular flexibility index (Phi) is 2.91. The Morgan fingerprint density at radius 1 is 1.41 bits per heavy atom. The molecule has 0 radical (unpaired) electrons. The van der Waals surface area contributed by atoms with Crippen molar-refractivity contribution in [3.8, 4) is 0 Å². The van der Waals surface area contributed by atoms with Crippen LogP contribution >= 0.6 is 0 Å². The molecule has 17 heavy (non-hydrogen) atoms.